The van der Waals surface area contributed by atoms with E-state index in [1.54, 1.807) is 43.5 Å². The second-order valence-electron chi connectivity index (χ2n) is 5.16. The van der Waals surface area contributed by atoms with E-state index in [4.69, 9.17) is 14.6 Å². The van der Waals surface area contributed by atoms with Crippen molar-refractivity contribution in [2.24, 2.45) is 5.14 Å². The van der Waals surface area contributed by atoms with Gasteiger partial charge in [-0.25, -0.2) is 5.14 Å². The molecule has 0 aliphatic rings. The molecule has 0 bridgehead atoms. The van der Waals surface area contributed by atoms with E-state index in [9.17, 15) is 13.2 Å². The van der Waals surface area contributed by atoms with Gasteiger partial charge in [0, 0.05) is 11.8 Å². The van der Waals surface area contributed by atoms with E-state index in [2.05, 4.69) is 10.0 Å². The molecule has 0 radical (unpaired) electrons. The third-order valence-electron chi connectivity index (χ3n) is 3.22. The van der Waals surface area contributed by atoms with Crippen LogP contribution in [-0.2, 0) is 15.0 Å². The summed E-state index contributed by atoms with van der Waals surface area (Å²) in [6, 6.07) is 11.4. The Kier molecular flexibility index (Phi) is 6.21. The Morgan fingerprint density at radius 3 is 2.38 bits per heavy atom. The third kappa shape index (κ3) is 5.80. The average Bonchev–Trinajstić information content (AvgIpc) is 2.58. The maximum absolute atomic E-state index is 12.0. The third-order valence-corrected chi connectivity index (χ3v) is 3.75. The van der Waals surface area contributed by atoms with Crippen molar-refractivity contribution in [1.82, 2.24) is 0 Å². The fourth-order valence-electron chi connectivity index (χ4n) is 2.14. The molecule has 0 aliphatic carbocycles. The van der Waals surface area contributed by atoms with Crippen LogP contribution < -0.4 is 24.7 Å². The number of anilines is 2. The molecule has 0 spiro atoms. The fraction of sp³-hybridized carbons (Fsp3) is 0.118. The van der Waals surface area contributed by atoms with Crippen molar-refractivity contribution >= 4 is 33.6 Å². The maximum atomic E-state index is 12.0. The Morgan fingerprint density at radius 2 is 1.73 bits per heavy atom. The minimum atomic E-state index is -3.88. The number of hydrogen-bond acceptors (Lipinski definition) is 5. The van der Waals surface area contributed by atoms with Crippen LogP contribution in [0, 0.1) is 0 Å². The molecule has 4 N–H and O–H groups in total. The first-order chi connectivity index (χ1) is 12.3. The first kappa shape index (κ1) is 19.3. The SMILES string of the molecule is COc1ccc(/C=C/C(=O)Nc2cccc(NS(N)(=O)=O)c2)cc1OC. The van der Waals surface area contributed by atoms with Gasteiger partial charge < -0.3 is 14.8 Å². The smallest absolute Gasteiger partial charge is 0.296 e. The van der Waals surface area contributed by atoms with Gasteiger partial charge in [-0.3, -0.25) is 9.52 Å². The van der Waals surface area contributed by atoms with Gasteiger partial charge >= 0.3 is 0 Å². The van der Waals surface area contributed by atoms with Gasteiger partial charge in [0.1, 0.15) is 0 Å². The van der Waals surface area contributed by atoms with Gasteiger partial charge in [0.2, 0.25) is 5.91 Å². The molecule has 0 heterocycles. The number of nitrogens with one attached hydrogen (secondary N) is 2. The molecule has 0 saturated carbocycles. The predicted molar refractivity (Wildman–Crippen MR) is 100 cm³/mol. The van der Waals surface area contributed by atoms with Gasteiger partial charge in [0.25, 0.3) is 10.2 Å². The van der Waals surface area contributed by atoms with Crippen LogP contribution in [0.3, 0.4) is 0 Å². The summed E-state index contributed by atoms with van der Waals surface area (Å²) in [5.41, 5.74) is 1.41. The van der Waals surface area contributed by atoms with Crippen molar-refractivity contribution in [1.29, 1.82) is 0 Å². The summed E-state index contributed by atoms with van der Waals surface area (Å²) in [7, 11) is -0.810. The minimum absolute atomic E-state index is 0.245. The fourth-order valence-corrected chi connectivity index (χ4v) is 2.59. The minimum Gasteiger partial charge on any atom is -0.493 e. The molecule has 0 aromatic heterocycles. The molecule has 138 valence electrons. The number of benzene rings is 2. The Bertz CT molecular complexity index is 926. The molecule has 1 amide bonds. The van der Waals surface area contributed by atoms with Crippen LogP contribution in [-0.4, -0.2) is 28.5 Å². The van der Waals surface area contributed by atoms with Crippen molar-refractivity contribution in [2.45, 2.75) is 0 Å². The topological polar surface area (TPSA) is 120 Å². The van der Waals surface area contributed by atoms with Crippen molar-refractivity contribution < 1.29 is 22.7 Å². The van der Waals surface area contributed by atoms with Gasteiger partial charge in [0.05, 0.1) is 19.9 Å². The quantitative estimate of drug-likeness (QED) is 0.637. The normalized spacial score (nSPS) is 11.2. The number of carbonyl (C=O) groups is 1. The lowest BCUT2D eigenvalue weighted by Crippen LogP contribution is -2.21. The van der Waals surface area contributed by atoms with Crippen molar-refractivity contribution in [3.8, 4) is 11.5 Å². The van der Waals surface area contributed by atoms with E-state index in [0.717, 1.165) is 5.56 Å². The van der Waals surface area contributed by atoms with Gasteiger partial charge in [-0.1, -0.05) is 12.1 Å². The number of hydrogen-bond donors (Lipinski definition) is 3. The van der Waals surface area contributed by atoms with Crippen molar-refractivity contribution in [2.75, 3.05) is 24.3 Å². The largest absolute Gasteiger partial charge is 0.493 e. The highest BCUT2D eigenvalue weighted by Gasteiger charge is 2.05. The number of nitrogens with two attached hydrogens (primary N) is 1. The Morgan fingerprint density at radius 1 is 1.04 bits per heavy atom. The van der Waals surface area contributed by atoms with Crippen LogP contribution in [0.25, 0.3) is 6.08 Å². The molecule has 0 saturated heterocycles. The predicted octanol–water partition coefficient (Wildman–Crippen LogP) is 1.97. The summed E-state index contributed by atoms with van der Waals surface area (Å²) in [6.07, 6.45) is 2.96. The standard InChI is InChI=1S/C17H19N3O5S/c1-24-15-8-6-12(10-16(15)25-2)7-9-17(21)19-13-4-3-5-14(11-13)20-26(18,22)23/h3-11,20H,1-2H3,(H,19,21)(H2,18,22,23)/b9-7+. The molecule has 26 heavy (non-hydrogen) atoms. The molecule has 0 atom stereocenters. The molecular weight excluding hydrogens is 358 g/mol. The van der Waals surface area contributed by atoms with Crippen LogP contribution in [0.15, 0.2) is 48.5 Å². The Labute approximate surface area is 151 Å². The number of rotatable bonds is 7. The van der Waals surface area contributed by atoms with Gasteiger partial charge in [-0.15, -0.1) is 0 Å². The van der Waals surface area contributed by atoms with Crippen LogP contribution in [0.4, 0.5) is 11.4 Å². The van der Waals surface area contributed by atoms with E-state index < -0.39 is 10.2 Å². The molecule has 0 unspecified atom stereocenters. The van der Waals surface area contributed by atoms with Crippen LogP contribution in [0.2, 0.25) is 0 Å². The van der Waals surface area contributed by atoms with E-state index in [-0.39, 0.29) is 11.6 Å². The van der Waals surface area contributed by atoms with E-state index in [0.29, 0.717) is 17.2 Å². The Hall–Kier alpha value is -3.04. The zero-order chi connectivity index (χ0) is 19.2. The van der Waals surface area contributed by atoms with E-state index in [1.165, 1.54) is 25.3 Å². The van der Waals surface area contributed by atoms with Crippen LogP contribution >= 0.6 is 0 Å². The van der Waals surface area contributed by atoms with Crippen molar-refractivity contribution in [3.05, 3.63) is 54.1 Å². The summed E-state index contributed by atoms with van der Waals surface area (Å²) < 4.78 is 34.6. The lowest BCUT2D eigenvalue weighted by molar-refractivity contribution is -0.111. The monoisotopic (exact) mass is 377 g/mol. The zero-order valence-corrected chi connectivity index (χ0v) is 15.0. The molecule has 8 nitrogen and oxygen atoms in total. The zero-order valence-electron chi connectivity index (χ0n) is 14.2. The van der Waals surface area contributed by atoms with Crippen molar-refractivity contribution in [3.63, 3.8) is 0 Å². The highest BCUT2D eigenvalue weighted by Crippen LogP contribution is 2.28. The van der Waals surface area contributed by atoms with Gasteiger partial charge in [-0.05, 0) is 42.0 Å². The summed E-state index contributed by atoms with van der Waals surface area (Å²) in [6.45, 7) is 0. The summed E-state index contributed by atoms with van der Waals surface area (Å²) in [5.74, 6) is 0.762. The maximum Gasteiger partial charge on any atom is 0.296 e. The molecule has 9 heteroatoms. The van der Waals surface area contributed by atoms with E-state index in [1.807, 2.05) is 0 Å². The number of ether oxygens (including phenoxy) is 2. The summed E-state index contributed by atoms with van der Waals surface area (Å²) >= 11 is 0. The Balaban J connectivity index is 2.07. The molecule has 2 rings (SSSR count). The number of carbonyl (C=O) groups excluding carboxylic acids is 1. The average molecular weight is 377 g/mol. The first-order valence-electron chi connectivity index (χ1n) is 7.42. The van der Waals surface area contributed by atoms with Crippen LogP contribution in [0.1, 0.15) is 5.56 Å². The highest BCUT2D eigenvalue weighted by atomic mass is 32.2. The molecule has 2 aromatic carbocycles. The molecule has 0 fully saturated rings. The lowest BCUT2D eigenvalue weighted by atomic mass is 10.2. The number of methoxy groups -OCH3 is 2. The second-order valence-corrected chi connectivity index (χ2v) is 6.46. The molecular formula is C17H19N3O5S. The van der Waals surface area contributed by atoms with E-state index >= 15 is 0 Å². The lowest BCUT2D eigenvalue weighted by Gasteiger charge is -2.08. The van der Waals surface area contributed by atoms with Crippen LogP contribution in [0.5, 0.6) is 11.5 Å². The summed E-state index contributed by atoms with van der Waals surface area (Å²) in [4.78, 5) is 12.0. The highest BCUT2D eigenvalue weighted by molar-refractivity contribution is 7.90. The number of amides is 1. The molecule has 0 aliphatic heterocycles. The van der Waals surface area contributed by atoms with Gasteiger partial charge in [-0.2, -0.15) is 8.42 Å². The molecule has 2 aromatic rings. The first-order valence-corrected chi connectivity index (χ1v) is 8.97. The summed E-state index contributed by atoms with van der Waals surface area (Å²) in [5, 5.41) is 7.55. The second kappa shape index (κ2) is 8.37. The van der Waals surface area contributed by atoms with Gasteiger partial charge in [0.15, 0.2) is 11.5 Å².